The molecular weight excluding hydrogens is 368 g/mol. The van der Waals surface area contributed by atoms with E-state index in [1.54, 1.807) is 0 Å². The van der Waals surface area contributed by atoms with Crippen LogP contribution >= 0.6 is 0 Å². The molecule has 11 nitrogen and oxygen atoms in total. The predicted molar refractivity (Wildman–Crippen MR) is 71.1 cm³/mol. The van der Waals surface area contributed by atoms with Gasteiger partial charge >= 0.3 is 0 Å². The van der Waals surface area contributed by atoms with Crippen LogP contribution in [-0.4, -0.2) is 80.3 Å². The van der Waals surface area contributed by atoms with E-state index in [0.29, 0.717) is 18.8 Å². The highest BCUT2D eigenvalue weighted by Crippen LogP contribution is 2.25. The normalized spacial score (nSPS) is 31.1. The zero-order valence-electron chi connectivity index (χ0n) is 11.8. The molecule has 1 aliphatic rings. The molecule has 0 aliphatic carbocycles. The second-order valence-corrected chi connectivity index (χ2v) is 9.39. The Kier molecular flexibility index (Phi) is 5.95. The van der Waals surface area contributed by atoms with Crippen LogP contribution in [0.5, 0.6) is 0 Å². The maximum atomic E-state index is 11.3. The van der Waals surface area contributed by atoms with Gasteiger partial charge in [0.2, 0.25) is 0 Å². The molecule has 4 atom stereocenters. The Morgan fingerprint density at radius 2 is 1.23 bits per heavy atom. The highest BCUT2D eigenvalue weighted by Gasteiger charge is 2.47. The Balaban J connectivity index is 3.17. The second-order valence-electron chi connectivity index (χ2n) is 4.59. The summed E-state index contributed by atoms with van der Waals surface area (Å²) in [5.41, 5.74) is 0. The molecule has 1 fully saturated rings. The van der Waals surface area contributed by atoms with E-state index >= 15 is 0 Å². The summed E-state index contributed by atoms with van der Waals surface area (Å²) in [5.74, 6) is 0. The predicted octanol–water partition coefficient (Wildman–Crippen LogP) is -2.63. The van der Waals surface area contributed by atoms with Gasteiger partial charge in [-0.25, -0.2) is 0 Å². The van der Waals surface area contributed by atoms with Crippen molar-refractivity contribution in [1.82, 2.24) is 0 Å². The molecule has 0 saturated carbocycles. The van der Waals surface area contributed by atoms with Gasteiger partial charge in [0.05, 0.1) is 25.4 Å². The van der Waals surface area contributed by atoms with E-state index in [-0.39, 0.29) is 0 Å². The number of hydrogen-bond donors (Lipinski definition) is 1. The average Bonchev–Trinajstić information content (AvgIpc) is 2.22. The van der Waals surface area contributed by atoms with Crippen molar-refractivity contribution in [2.45, 2.75) is 24.6 Å². The number of aliphatic hydroxyl groups excluding tert-OH is 1. The third-order valence-corrected chi connectivity index (χ3v) is 4.01. The van der Waals surface area contributed by atoms with E-state index < -0.39 is 61.6 Å². The summed E-state index contributed by atoms with van der Waals surface area (Å²) >= 11 is 0. The summed E-state index contributed by atoms with van der Waals surface area (Å²) in [7, 11) is -12.3. The molecule has 132 valence electrons. The number of ether oxygens (including phenoxy) is 1. The fraction of sp³-hybridized carbons (Fsp3) is 1.00. The van der Waals surface area contributed by atoms with Crippen molar-refractivity contribution in [2.75, 3.05) is 25.4 Å². The lowest BCUT2D eigenvalue weighted by Gasteiger charge is -2.37. The molecule has 0 amide bonds. The largest absolute Gasteiger partial charge is 0.366 e. The maximum Gasteiger partial charge on any atom is 0.264 e. The molecule has 1 saturated heterocycles. The minimum absolute atomic E-state index is 0.557. The molecule has 1 rings (SSSR count). The van der Waals surface area contributed by atoms with Crippen LogP contribution in [0.25, 0.3) is 0 Å². The molecule has 0 bridgehead atoms. The summed E-state index contributed by atoms with van der Waals surface area (Å²) in [6.07, 6.45) is -4.96. The van der Waals surface area contributed by atoms with Crippen molar-refractivity contribution in [3.8, 4) is 0 Å². The maximum absolute atomic E-state index is 11.3. The van der Waals surface area contributed by atoms with Gasteiger partial charge in [0.15, 0.2) is 12.4 Å². The van der Waals surface area contributed by atoms with E-state index in [0.717, 1.165) is 0 Å². The van der Waals surface area contributed by atoms with E-state index in [1.165, 1.54) is 0 Å². The zero-order valence-corrected chi connectivity index (χ0v) is 14.2. The van der Waals surface area contributed by atoms with Crippen LogP contribution in [0.15, 0.2) is 0 Å². The molecule has 1 aliphatic heterocycles. The molecule has 22 heavy (non-hydrogen) atoms. The molecule has 0 aromatic heterocycles. The van der Waals surface area contributed by atoms with Crippen molar-refractivity contribution < 1.29 is 47.6 Å². The second kappa shape index (κ2) is 6.64. The van der Waals surface area contributed by atoms with Crippen molar-refractivity contribution in [3.63, 3.8) is 0 Å². The van der Waals surface area contributed by atoms with Crippen molar-refractivity contribution in [1.29, 1.82) is 0 Å². The van der Waals surface area contributed by atoms with E-state index in [9.17, 15) is 30.4 Å². The standard InChI is InChI=1S/C8H16O11S3/c1-20(10,11)17-5-4-16-8(9)7(19-22(3,14)15)6(5)18-21(2,12)13/h5-9H,4H2,1-3H3/t5-,6-,7+,8+/m1/s1. The summed E-state index contributed by atoms with van der Waals surface area (Å²) in [6.45, 7) is -0.557. The lowest BCUT2D eigenvalue weighted by atomic mass is 10.1. The van der Waals surface area contributed by atoms with Gasteiger partial charge in [-0.1, -0.05) is 0 Å². The first kappa shape index (κ1) is 19.7. The first-order valence-electron chi connectivity index (χ1n) is 5.62. The smallest absolute Gasteiger partial charge is 0.264 e. The van der Waals surface area contributed by atoms with Gasteiger partial charge in [0.1, 0.15) is 12.2 Å². The Labute approximate surface area is 128 Å². The van der Waals surface area contributed by atoms with Crippen molar-refractivity contribution >= 4 is 30.4 Å². The quantitative estimate of drug-likeness (QED) is 0.477. The van der Waals surface area contributed by atoms with E-state index in [1.807, 2.05) is 0 Å². The van der Waals surface area contributed by atoms with Crippen LogP contribution in [0.2, 0.25) is 0 Å². The lowest BCUT2D eigenvalue weighted by molar-refractivity contribution is -0.232. The number of aliphatic hydroxyl groups is 1. The molecule has 0 radical (unpaired) electrons. The Hall–Kier alpha value is -0.350. The molecule has 0 spiro atoms. The summed E-state index contributed by atoms with van der Waals surface area (Å²) in [6, 6.07) is 0. The van der Waals surface area contributed by atoms with Gasteiger partial charge < -0.3 is 9.84 Å². The number of hydrogen-bond acceptors (Lipinski definition) is 11. The van der Waals surface area contributed by atoms with Gasteiger partial charge in [0.25, 0.3) is 30.4 Å². The molecule has 0 aromatic carbocycles. The van der Waals surface area contributed by atoms with Gasteiger partial charge in [-0.05, 0) is 0 Å². The van der Waals surface area contributed by atoms with Crippen LogP contribution in [-0.2, 0) is 47.6 Å². The van der Waals surface area contributed by atoms with Crippen LogP contribution in [0, 0.1) is 0 Å². The monoisotopic (exact) mass is 384 g/mol. The minimum atomic E-state index is -4.14. The first-order chi connectivity index (χ1) is 9.68. The molecule has 14 heteroatoms. The number of rotatable bonds is 6. The van der Waals surface area contributed by atoms with Crippen LogP contribution in [0.3, 0.4) is 0 Å². The Morgan fingerprint density at radius 1 is 0.818 bits per heavy atom. The minimum Gasteiger partial charge on any atom is -0.366 e. The molecular formula is C8H16O11S3. The van der Waals surface area contributed by atoms with E-state index in [2.05, 4.69) is 12.5 Å². The molecule has 1 N–H and O–H groups in total. The van der Waals surface area contributed by atoms with Gasteiger partial charge in [-0.15, -0.1) is 0 Å². The topological polar surface area (TPSA) is 160 Å². The van der Waals surface area contributed by atoms with Gasteiger partial charge in [0, 0.05) is 0 Å². The van der Waals surface area contributed by atoms with Crippen LogP contribution in [0.1, 0.15) is 0 Å². The average molecular weight is 384 g/mol. The first-order valence-corrected chi connectivity index (χ1v) is 11.1. The summed E-state index contributed by atoms with van der Waals surface area (Å²) < 4.78 is 85.8. The zero-order chi connectivity index (χ0) is 17.3. The van der Waals surface area contributed by atoms with Gasteiger partial charge in [-0.2, -0.15) is 25.3 Å². The van der Waals surface area contributed by atoms with Gasteiger partial charge in [-0.3, -0.25) is 12.5 Å². The molecule has 1 heterocycles. The Bertz CT molecular complexity index is 692. The lowest BCUT2D eigenvalue weighted by Crippen LogP contribution is -2.57. The summed E-state index contributed by atoms with van der Waals surface area (Å²) in [5, 5.41) is 9.62. The van der Waals surface area contributed by atoms with Crippen molar-refractivity contribution in [3.05, 3.63) is 0 Å². The highest BCUT2D eigenvalue weighted by atomic mass is 32.2. The van der Waals surface area contributed by atoms with Crippen LogP contribution < -0.4 is 0 Å². The summed E-state index contributed by atoms with van der Waals surface area (Å²) in [4.78, 5) is 0. The molecule has 0 unspecified atom stereocenters. The highest BCUT2D eigenvalue weighted by molar-refractivity contribution is 7.86. The third-order valence-electron chi connectivity index (χ3n) is 2.27. The molecule has 0 aromatic rings. The van der Waals surface area contributed by atoms with Crippen molar-refractivity contribution in [2.24, 2.45) is 0 Å². The SMILES string of the molecule is CS(=O)(=O)O[C@H]1[C@H](OS(C)(=O)=O)[C@H](OS(C)(=O)=O)CO[C@@H]1O. The van der Waals surface area contributed by atoms with E-state index in [4.69, 9.17) is 4.74 Å². The Morgan fingerprint density at radius 3 is 1.64 bits per heavy atom. The van der Waals surface area contributed by atoms with Crippen LogP contribution in [0.4, 0.5) is 0 Å². The fourth-order valence-corrected chi connectivity index (χ4v) is 3.55. The third kappa shape index (κ3) is 6.82. The fourth-order valence-electron chi connectivity index (χ4n) is 1.69.